The summed E-state index contributed by atoms with van der Waals surface area (Å²) in [6.45, 7) is 9.37. The number of hydrogen-bond donors (Lipinski definition) is 1. The highest BCUT2D eigenvalue weighted by Gasteiger charge is 2.20. The second kappa shape index (κ2) is 8.06. The molecule has 1 unspecified atom stereocenters. The van der Waals surface area contributed by atoms with E-state index in [9.17, 15) is 0 Å². The number of likely N-dealkylation sites (N-methyl/N-ethyl adjacent to an activating group) is 2. The third-order valence-electron chi connectivity index (χ3n) is 3.71. The zero-order chi connectivity index (χ0) is 12.7. The van der Waals surface area contributed by atoms with Crippen molar-refractivity contribution >= 4 is 0 Å². The molecule has 3 nitrogen and oxygen atoms in total. The first kappa shape index (κ1) is 14.9. The van der Waals surface area contributed by atoms with Crippen LogP contribution in [-0.4, -0.2) is 62.2 Å². The van der Waals surface area contributed by atoms with Crippen molar-refractivity contribution in [2.45, 2.75) is 51.6 Å². The third kappa shape index (κ3) is 6.39. The highest BCUT2D eigenvalue weighted by molar-refractivity contribution is 4.77. The van der Waals surface area contributed by atoms with Gasteiger partial charge in [-0.05, 0) is 59.4 Å². The van der Waals surface area contributed by atoms with Crippen LogP contribution in [0.5, 0.6) is 0 Å². The molecule has 0 aromatic heterocycles. The number of piperidine rings is 1. The topological polar surface area (TPSA) is 18.5 Å². The van der Waals surface area contributed by atoms with E-state index >= 15 is 0 Å². The Morgan fingerprint density at radius 2 is 2.12 bits per heavy atom. The highest BCUT2D eigenvalue weighted by Crippen LogP contribution is 2.13. The number of likely N-dealkylation sites (tertiary alicyclic amines) is 1. The van der Waals surface area contributed by atoms with Gasteiger partial charge in [0.25, 0.3) is 0 Å². The van der Waals surface area contributed by atoms with Gasteiger partial charge in [0.1, 0.15) is 0 Å². The van der Waals surface area contributed by atoms with E-state index in [2.05, 4.69) is 43.1 Å². The molecule has 1 heterocycles. The van der Waals surface area contributed by atoms with Gasteiger partial charge in [0.15, 0.2) is 0 Å². The minimum Gasteiger partial charge on any atom is -0.315 e. The average Bonchev–Trinajstić information content (AvgIpc) is 2.28. The molecular formula is C14H31N3. The van der Waals surface area contributed by atoms with Gasteiger partial charge in [-0.1, -0.05) is 13.8 Å². The lowest BCUT2D eigenvalue weighted by atomic mass is 10.0. The molecular weight excluding hydrogens is 210 g/mol. The Morgan fingerprint density at radius 1 is 1.35 bits per heavy atom. The average molecular weight is 241 g/mol. The van der Waals surface area contributed by atoms with Crippen LogP contribution in [-0.2, 0) is 0 Å². The summed E-state index contributed by atoms with van der Waals surface area (Å²) in [4.78, 5) is 5.02. The van der Waals surface area contributed by atoms with E-state index in [1.807, 2.05) is 0 Å². The molecule has 0 radical (unpaired) electrons. The molecule has 0 amide bonds. The molecule has 0 spiro atoms. The lowest BCUT2D eigenvalue weighted by molar-refractivity contribution is 0.133. The maximum atomic E-state index is 3.48. The van der Waals surface area contributed by atoms with Gasteiger partial charge in [0, 0.05) is 18.6 Å². The van der Waals surface area contributed by atoms with Crippen molar-refractivity contribution in [1.82, 2.24) is 15.1 Å². The van der Waals surface area contributed by atoms with E-state index < -0.39 is 0 Å². The molecule has 102 valence electrons. The van der Waals surface area contributed by atoms with Crippen molar-refractivity contribution in [3.8, 4) is 0 Å². The number of rotatable bonds is 7. The van der Waals surface area contributed by atoms with E-state index in [0.717, 1.165) is 12.6 Å². The fourth-order valence-corrected chi connectivity index (χ4v) is 2.56. The zero-order valence-electron chi connectivity index (χ0n) is 12.2. The summed E-state index contributed by atoms with van der Waals surface area (Å²) >= 11 is 0. The van der Waals surface area contributed by atoms with Gasteiger partial charge < -0.3 is 15.1 Å². The summed E-state index contributed by atoms with van der Waals surface area (Å²) in [6.07, 6.45) is 5.35. The minimum atomic E-state index is 0.625. The van der Waals surface area contributed by atoms with Crippen LogP contribution in [0.4, 0.5) is 0 Å². The summed E-state index contributed by atoms with van der Waals surface area (Å²) in [6, 6.07) is 1.41. The van der Waals surface area contributed by atoms with Crippen LogP contribution < -0.4 is 5.32 Å². The quantitative estimate of drug-likeness (QED) is 0.686. The maximum Gasteiger partial charge on any atom is 0.0220 e. The van der Waals surface area contributed by atoms with Gasteiger partial charge in [-0.15, -0.1) is 0 Å². The highest BCUT2D eigenvalue weighted by atomic mass is 15.2. The second-order valence-corrected chi connectivity index (χ2v) is 5.85. The summed E-state index contributed by atoms with van der Waals surface area (Å²) in [5.41, 5.74) is 0. The van der Waals surface area contributed by atoms with Crippen molar-refractivity contribution in [3.63, 3.8) is 0 Å². The summed E-state index contributed by atoms with van der Waals surface area (Å²) < 4.78 is 0. The molecule has 0 aromatic rings. The molecule has 3 heteroatoms. The van der Waals surface area contributed by atoms with Crippen LogP contribution in [0.1, 0.15) is 39.5 Å². The maximum absolute atomic E-state index is 3.48. The van der Waals surface area contributed by atoms with Gasteiger partial charge in [-0.2, -0.15) is 0 Å². The van der Waals surface area contributed by atoms with Gasteiger partial charge in [-0.25, -0.2) is 0 Å². The van der Waals surface area contributed by atoms with E-state index in [0.29, 0.717) is 6.04 Å². The molecule has 0 aromatic carbocycles. The van der Waals surface area contributed by atoms with Crippen molar-refractivity contribution in [1.29, 1.82) is 0 Å². The predicted molar refractivity (Wildman–Crippen MR) is 75.5 cm³/mol. The van der Waals surface area contributed by atoms with E-state index in [-0.39, 0.29) is 0 Å². The van der Waals surface area contributed by atoms with Crippen molar-refractivity contribution in [2.75, 3.05) is 40.3 Å². The second-order valence-electron chi connectivity index (χ2n) is 5.85. The molecule has 1 N–H and O–H groups in total. The first-order chi connectivity index (χ1) is 8.09. The Morgan fingerprint density at radius 3 is 2.76 bits per heavy atom. The standard InChI is InChI=1S/C14H31N3/c1-13(2)15-9-5-6-11-17(4)14-8-7-10-16(3)12-14/h13-15H,5-12H2,1-4H3. The van der Waals surface area contributed by atoms with Crippen LogP contribution in [0.25, 0.3) is 0 Å². The first-order valence-electron chi connectivity index (χ1n) is 7.21. The SMILES string of the molecule is CC(C)NCCCCN(C)C1CCCN(C)C1. The summed E-state index contributed by atoms with van der Waals surface area (Å²) in [5, 5.41) is 3.48. The number of hydrogen-bond acceptors (Lipinski definition) is 3. The third-order valence-corrected chi connectivity index (χ3v) is 3.71. The van der Waals surface area contributed by atoms with Crippen LogP contribution in [0.2, 0.25) is 0 Å². The molecule has 1 atom stereocenters. The molecule has 1 fully saturated rings. The molecule has 1 saturated heterocycles. The molecule has 1 aliphatic rings. The Hall–Kier alpha value is -0.120. The molecule has 1 rings (SSSR count). The van der Waals surface area contributed by atoms with Gasteiger partial charge in [-0.3, -0.25) is 0 Å². The summed E-state index contributed by atoms with van der Waals surface area (Å²) in [7, 11) is 4.53. The molecule has 17 heavy (non-hydrogen) atoms. The Balaban J connectivity index is 2.05. The van der Waals surface area contributed by atoms with Crippen LogP contribution >= 0.6 is 0 Å². The predicted octanol–water partition coefficient (Wildman–Crippen LogP) is 1.79. The number of nitrogens with one attached hydrogen (secondary N) is 1. The molecule has 0 aliphatic carbocycles. The Labute approximate surface area is 108 Å². The lowest BCUT2D eigenvalue weighted by Crippen LogP contribution is -2.45. The van der Waals surface area contributed by atoms with E-state index in [1.54, 1.807) is 0 Å². The van der Waals surface area contributed by atoms with E-state index in [4.69, 9.17) is 0 Å². The normalized spacial score (nSPS) is 22.6. The monoisotopic (exact) mass is 241 g/mol. The lowest BCUT2D eigenvalue weighted by Gasteiger charge is -2.35. The number of unbranched alkanes of at least 4 members (excludes halogenated alkanes) is 1. The van der Waals surface area contributed by atoms with Crippen molar-refractivity contribution in [3.05, 3.63) is 0 Å². The molecule has 1 aliphatic heterocycles. The van der Waals surface area contributed by atoms with Gasteiger partial charge in [0.2, 0.25) is 0 Å². The largest absolute Gasteiger partial charge is 0.315 e. The summed E-state index contributed by atoms with van der Waals surface area (Å²) in [5.74, 6) is 0. The van der Waals surface area contributed by atoms with Crippen molar-refractivity contribution in [2.24, 2.45) is 0 Å². The van der Waals surface area contributed by atoms with Crippen LogP contribution in [0.15, 0.2) is 0 Å². The van der Waals surface area contributed by atoms with Gasteiger partial charge in [0.05, 0.1) is 0 Å². The minimum absolute atomic E-state index is 0.625. The number of nitrogens with zero attached hydrogens (tertiary/aromatic N) is 2. The smallest absolute Gasteiger partial charge is 0.0220 e. The molecule has 0 bridgehead atoms. The Kier molecular flexibility index (Phi) is 7.09. The fraction of sp³-hybridized carbons (Fsp3) is 1.00. The van der Waals surface area contributed by atoms with E-state index in [1.165, 1.54) is 45.3 Å². The Bertz CT molecular complexity index is 194. The van der Waals surface area contributed by atoms with Gasteiger partial charge >= 0.3 is 0 Å². The van der Waals surface area contributed by atoms with Crippen molar-refractivity contribution < 1.29 is 0 Å². The molecule has 0 saturated carbocycles. The van der Waals surface area contributed by atoms with Crippen LogP contribution in [0, 0.1) is 0 Å². The van der Waals surface area contributed by atoms with Crippen LogP contribution in [0.3, 0.4) is 0 Å². The zero-order valence-corrected chi connectivity index (χ0v) is 12.2. The fourth-order valence-electron chi connectivity index (χ4n) is 2.56. The first-order valence-corrected chi connectivity index (χ1v) is 7.21.